The standard InChI is InChI=1S/C51H95NO13/c1-3-5-7-9-11-13-15-17-19-21-22-24-26-28-30-32-34-40(55)39(52-43(56)35-33-31-29-27-25-23-20-18-16-14-12-10-8-6-4-2)38-62-50-48(61)46(59)49(42(37-54)64-50)65-51-47(60)45(58)44(57)41(36-53)63-51/h24,26,32,34,39-42,44-51,53-55,57-61H,3-23,25,27-31,33,35-38H2,1-2H3,(H,52,56)/b26-24+,34-32+. The Hall–Kier alpha value is -1.53. The van der Waals surface area contributed by atoms with Gasteiger partial charge in [-0.1, -0.05) is 186 Å². The largest absolute Gasteiger partial charge is 0.394 e. The number of amides is 1. The van der Waals surface area contributed by atoms with E-state index in [-0.39, 0.29) is 18.9 Å². The lowest BCUT2D eigenvalue weighted by Gasteiger charge is -2.46. The van der Waals surface area contributed by atoms with Crippen molar-refractivity contribution in [2.24, 2.45) is 0 Å². The monoisotopic (exact) mass is 930 g/mol. The highest BCUT2D eigenvalue weighted by molar-refractivity contribution is 5.76. The molecule has 0 radical (unpaired) electrons. The molecule has 14 heteroatoms. The van der Waals surface area contributed by atoms with E-state index < -0.39 is 86.8 Å². The Labute approximate surface area is 392 Å². The van der Waals surface area contributed by atoms with Crippen LogP contribution in [0.1, 0.15) is 200 Å². The second-order valence-electron chi connectivity index (χ2n) is 18.6. The van der Waals surface area contributed by atoms with Crippen molar-refractivity contribution in [3.63, 3.8) is 0 Å². The third-order valence-corrected chi connectivity index (χ3v) is 12.9. The number of ether oxygens (including phenoxy) is 4. The van der Waals surface area contributed by atoms with E-state index in [9.17, 15) is 45.6 Å². The molecule has 65 heavy (non-hydrogen) atoms. The zero-order valence-electron chi connectivity index (χ0n) is 40.5. The maximum Gasteiger partial charge on any atom is 0.220 e. The number of unbranched alkanes of at least 4 members (excludes halogenated alkanes) is 25. The van der Waals surface area contributed by atoms with Crippen LogP contribution in [0, 0.1) is 0 Å². The number of hydrogen-bond acceptors (Lipinski definition) is 13. The Bertz CT molecular complexity index is 1190. The SMILES string of the molecule is CCCCCCCCCCCC/C=C/CC/C=C/C(O)C(COC1OC(CO)C(OC2OC(CO)C(O)C(O)C2O)C(O)C1O)NC(=O)CCCCCCCCCCCCCCCCC. The van der Waals surface area contributed by atoms with E-state index in [0.717, 1.165) is 32.1 Å². The van der Waals surface area contributed by atoms with Crippen LogP contribution in [0.5, 0.6) is 0 Å². The summed E-state index contributed by atoms with van der Waals surface area (Å²) in [7, 11) is 0. The highest BCUT2D eigenvalue weighted by atomic mass is 16.7. The molecule has 12 unspecified atom stereocenters. The van der Waals surface area contributed by atoms with Crippen molar-refractivity contribution >= 4 is 5.91 Å². The van der Waals surface area contributed by atoms with E-state index in [1.165, 1.54) is 135 Å². The van der Waals surface area contributed by atoms with E-state index in [1.54, 1.807) is 6.08 Å². The van der Waals surface area contributed by atoms with Crippen LogP contribution >= 0.6 is 0 Å². The molecule has 9 N–H and O–H groups in total. The van der Waals surface area contributed by atoms with Gasteiger partial charge >= 0.3 is 0 Å². The van der Waals surface area contributed by atoms with Gasteiger partial charge in [0.2, 0.25) is 5.91 Å². The molecule has 382 valence electrons. The lowest BCUT2D eigenvalue weighted by Crippen LogP contribution is -2.65. The second-order valence-corrected chi connectivity index (χ2v) is 18.6. The second kappa shape index (κ2) is 38.3. The summed E-state index contributed by atoms with van der Waals surface area (Å²) in [6.07, 6.45) is 25.0. The number of hydrogen-bond donors (Lipinski definition) is 9. The third-order valence-electron chi connectivity index (χ3n) is 12.9. The van der Waals surface area contributed by atoms with Gasteiger partial charge in [0, 0.05) is 6.42 Å². The topological polar surface area (TPSA) is 228 Å². The normalized spacial score (nSPS) is 27.2. The molecular formula is C51H95NO13. The summed E-state index contributed by atoms with van der Waals surface area (Å²) in [6.45, 7) is 2.77. The number of carbonyl (C=O) groups is 1. The van der Waals surface area contributed by atoms with Crippen molar-refractivity contribution in [3.05, 3.63) is 24.3 Å². The van der Waals surface area contributed by atoms with E-state index in [2.05, 4.69) is 31.3 Å². The number of aliphatic hydroxyl groups is 8. The minimum Gasteiger partial charge on any atom is -0.394 e. The zero-order valence-corrected chi connectivity index (χ0v) is 40.5. The first kappa shape index (κ1) is 59.6. The molecule has 0 aliphatic carbocycles. The summed E-state index contributed by atoms with van der Waals surface area (Å²) in [5, 5.41) is 86.7. The highest BCUT2D eigenvalue weighted by Gasteiger charge is 2.51. The van der Waals surface area contributed by atoms with Gasteiger partial charge in [-0.15, -0.1) is 0 Å². The molecule has 2 rings (SSSR count). The van der Waals surface area contributed by atoms with Gasteiger partial charge in [-0.2, -0.15) is 0 Å². The van der Waals surface area contributed by atoms with Crippen molar-refractivity contribution in [2.45, 2.75) is 274 Å². The molecular weight excluding hydrogens is 835 g/mol. The quantitative estimate of drug-likeness (QED) is 0.0225. The molecule has 2 heterocycles. The van der Waals surface area contributed by atoms with Crippen LogP contribution in [-0.2, 0) is 23.7 Å². The van der Waals surface area contributed by atoms with Crippen molar-refractivity contribution in [3.8, 4) is 0 Å². The van der Waals surface area contributed by atoms with Crippen LogP contribution in [0.4, 0.5) is 0 Å². The van der Waals surface area contributed by atoms with Gasteiger partial charge in [0.05, 0.1) is 32.0 Å². The molecule has 0 aromatic heterocycles. The van der Waals surface area contributed by atoms with Gasteiger partial charge in [-0.25, -0.2) is 0 Å². The van der Waals surface area contributed by atoms with Crippen LogP contribution in [0.15, 0.2) is 24.3 Å². The van der Waals surface area contributed by atoms with Gasteiger partial charge in [0.25, 0.3) is 0 Å². The maximum atomic E-state index is 13.2. The van der Waals surface area contributed by atoms with E-state index in [4.69, 9.17) is 18.9 Å². The van der Waals surface area contributed by atoms with Gasteiger partial charge in [0.1, 0.15) is 48.8 Å². The molecule has 14 nitrogen and oxygen atoms in total. The molecule has 0 spiro atoms. The Morgan fingerprint density at radius 2 is 0.985 bits per heavy atom. The molecule has 12 atom stereocenters. The summed E-state index contributed by atoms with van der Waals surface area (Å²) in [5.41, 5.74) is 0. The first-order valence-electron chi connectivity index (χ1n) is 26.1. The highest BCUT2D eigenvalue weighted by Crippen LogP contribution is 2.30. The number of allylic oxidation sites excluding steroid dienone is 3. The Morgan fingerprint density at radius 3 is 1.51 bits per heavy atom. The summed E-state index contributed by atoms with van der Waals surface area (Å²) in [6, 6.07) is -0.925. The summed E-state index contributed by atoms with van der Waals surface area (Å²) >= 11 is 0. The lowest BCUT2D eigenvalue weighted by molar-refractivity contribution is -0.359. The zero-order chi connectivity index (χ0) is 47.5. The van der Waals surface area contributed by atoms with Gasteiger partial charge in [-0.05, 0) is 32.1 Å². The number of carbonyl (C=O) groups excluding carboxylic acids is 1. The maximum absolute atomic E-state index is 13.2. The molecule has 0 saturated carbocycles. The average molecular weight is 930 g/mol. The van der Waals surface area contributed by atoms with Crippen molar-refractivity contribution in [1.29, 1.82) is 0 Å². The van der Waals surface area contributed by atoms with Crippen LogP contribution in [0.3, 0.4) is 0 Å². The molecule has 2 saturated heterocycles. The van der Waals surface area contributed by atoms with Gasteiger partial charge in [-0.3, -0.25) is 4.79 Å². The number of nitrogens with one attached hydrogen (secondary N) is 1. The third kappa shape index (κ3) is 25.6. The molecule has 0 bridgehead atoms. The lowest BCUT2D eigenvalue weighted by atomic mass is 9.97. The van der Waals surface area contributed by atoms with Crippen LogP contribution in [0.25, 0.3) is 0 Å². The summed E-state index contributed by atoms with van der Waals surface area (Å²) in [4.78, 5) is 13.2. The molecule has 2 aliphatic heterocycles. The average Bonchev–Trinajstić information content (AvgIpc) is 3.30. The Morgan fingerprint density at radius 1 is 0.538 bits per heavy atom. The number of rotatable bonds is 40. The van der Waals surface area contributed by atoms with Gasteiger partial charge < -0.3 is 65.1 Å². The van der Waals surface area contributed by atoms with E-state index in [1.807, 2.05) is 6.08 Å². The number of aliphatic hydroxyl groups excluding tert-OH is 8. The van der Waals surface area contributed by atoms with Crippen molar-refractivity contribution < 1.29 is 64.6 Å². The molecule has 2 fully saturated rings. The first-order chi connectivity index (χ1) is 31.6. The van der Waals surface area contributed by atoms with Crippen molar-refractivity contribution in [1.82, 2.24) is 5.32 Å². The molecule has 1 amide bonds. The van der Waals surface area contributed by atoms with Crippen LogP contribution in [-0.4, -0.2) is 140 Å². The Balaban J connectivity index is 1.86. The van der Waals surface area contributed by atoms with Crippen molar-refractivity contribution in [2.75, 3.05) is 19.8 Å². The van der Waals surface area contributed by atoms with E-state index in [0.29, 0.717) is 12.8 Å². The van der Waals surface area contributed by atoms with Gasteiger partial charge in [0.15, 0.2) is 12.6 Å². The predicted molar refractivity (Wildman–Crippen MR) is 254 cm³/mol. The smallest absolute Gasteiger partial charge is 0.220 e. The fourth-order valence-corrected chi connectivity index (χ4v) is 8.60. The van der Waals surface area contributed by atoms with Crippen LogP contribution in [0.2, 0.25) is 0 Å². The molecule has 0 aromatic rings. The summed E-state index contributed by atoms with van der Waals surface area (Å²) < 4.78 is 22.7. The molecule has 0 aromatic carbocycles. The minimum atomic E-state index is -1.79. The first-order valence-corrected chi connectivity index (χ1v) is 26.1. The fourth-order valence-electron chi connectivity index (χ4n) is 8.60. The fraction of sp³-hybridized carbons (Fsp3) is 0.902. The Kier molecular flexibility index (Phi) is 35.1. The summed E-state index contributed by atoms with van der Waals surface area (Å²) in [5.74, 6) is -0.248. The predicted octanol–water partition coefficient (Wildman–Crippen LogP) is 6.94. The van der Waals surface area contributed by atoms with E-state index >= 15 is 0 Å². The molecule has 2 aliphatic rings. The van der Waals surface area contributed by atoms with Crippen LogP contribution < -0.4 is 5.32 Å². The minimum absolute atomic E-state index is 0.248.